The summed E-state index contributed by atoms with van der Waals surface area (Å²) in [6, 6.07) is 12.0. The number of anilines is 1. The molecular weight excluding hydrogens is 352 g/mol. The molecule has 27 heavy (non-hydrogen) atoms. The van der Waals surface area contributed by atoms with Gasteiger partial charge in [-0.25, -0.2) is 4.79 Å². The molecule has 0 aliphatic heterocycles. The van der Waals surface area contributed by atoms with Gasteiger partial charge in [0, 0.05) is 11.8 Å². The Kier molecular flexibility index (Phi) is 5.17. The highest BCUT2D eigenvalue weighted by molar-refractivity contribution is 6.10. The van der Waals surface area contributed by atoms with Gasteiger partial charge in [-0.15, -0.1) is 0 Å². The number of aromatic carboxylic acids is 1. The summed E-state index contributed by atoms with van der Waals surface area (Å²) in [6.07, 6.45) is 4.10. The number of amides is 2. The van der Waals surface area contributed by atoms with Gasteiger partial charge >= 0.3 is 5.97 Å². The van der Waals surface area contributed by atoms with Crippen molar-refractivity contribution in [1.82, 2.24) is 5.32 Å². The van der Waals surface area contributed by atoms with Crippen LogP contribution in [0.4, 0.5) is 5.69 Å². The number of hydrogen-bond donors (Lipinski definition) is 3. The van der Waals surface area contributed by atoms with Crippen molar-refractivity contribution in [1.29, 1.82) is 0 Å². The lowest BCUT2D eigenvalue weighted by atomic mass is 10.2. The Morgan fingerprint density at radius 1 is 0.963 bits per heavy atom. The van der Waals surface area contributed by atoms with E-state index in [1.807, 2.05) is 0 Å². The Labute approximate surface area is 153 Å². The first-order valence-electron chi connectivity index (χ1n) is 7.78. The predicted octanol–water partition coefficient (Wildman–Crippen LogP) is 2.98. The highest BCUT2D eigenvalue weighted by atomic mass is 16.4. The van der Waals surface area contributed by atoms with Gasteiger partial charge < -0.3 is 24.6 Å². The van der Waals surface area contributed by atoms with Gasteiger partial charge in [0.05, 0.1) is 18.1 Å². The number of furan rings is 2. The molecule has 0 aliphatic carbocycles. The number of nitrogens with one attached hydrogen (secondary N) is 2. The lowest BCUT2D eigenvalue weighted by Gasteiger charge is -2.10. The van der Waals surface area contributed by atoms with Gasteiger partial charge in [-0.05, 0) is 42.5 Å². The SMILES string of the molecule is O=C(Nc1cccc(C(=O)O)c1)C(=Cc1ccco1)NC(=O)c1ccco1. The van der Waals surface area contributed by atoms with E-state index in [0.717, 1.165) is 0 Å². The zero-order chi connectivity index (χ0) is 19.2. The summed E-state index contributed by atoms with van der Waals surface area (Å²) in [6.45, 7) is 0. The van der Waals surface area contributed by atoms with E-state index in [2.05, 4.69) is 10.6 Å². The minimum atomic E-state index is -1.12. The van der Waals surface area contributed by atoms with E-state index >= 15 is 0 Å². The van der Waals surface area contributed by atoms with Crippen LogP contribution in [0.1, 0.15) is 26.7 Å². The molecule has 3 N–H and O–H groups in total. The van der Waals surface area contributed by atoms with Gasteiger partial charge in [0.2, 0.25) is 0 Å². The summed E-state index contributed by atoms with van der Waals surface area (Å²) in [4.78, 5) is 35.9. The van der Waals surface area contributed by atoms with E-state index in [9.17, 15) is 14.4 Å². The first-order chi connectivity index (χ1) is 13.0. The lowest BCUT2D eigenvalue weighted by molar-refractivity contribution is -0.113. The number of carboxylic acid groups (broad SMARTS) is 1. The third kappa shape index (κ3) is 4.51. The molecule has 1 aromatic carbocycles. The zero-order valence-electron chi connectivity index (χ0n) is 13.8. The molecule has 136 valence electrons. The average Bonchev–Trinajstić information content (AvgIpc) is 3.35. The van der Waals surface area contributed by atoms with E-state index in [1.165, 1.54) is 48.9 Å². The molecule has 0 unspecified atom stereocenters. The quantitative estimate of drug-likeness (QED) is 0.577. The molecule has 0 saturated heterocycles. The highest BCUT2D eigenvalue weighted by Gasteiger charge is 2.17. The monoisotopic (exact) mass is 366 g/mol. The maximum atomic E-state index is 12.6. The van der Waals surface area contributed by atoms with E-state index in [-0.39, 0.29) is 22.7 Å². The third-order valence-electron chi connectivity index (χ3n) is 3.43. The molecular formula is C19H14N2O6. The smallest absolute Gasteiger partial charge is 0.335 e. The number of rotatable bonds is 6. The van der Waals surface area contributed by atoms with Gasteiger partial charge in [-0.1, -0.05) is 6.07 Å². The van der Waals surface area contributed by atoms with Crippen molar-refractivity contribution >= 4 is 29.5 Å². The van der Waals surface area contributed by atoms with Gasteiger partial charge in [-0.3, -0.25) is 9.59 Å². The van der Waals surface area contributed by atoms with Crippen LogP contribution in [0.2, 0.25) is 0 Å². The molecule has 2 heterocycles. The predicted molar refractivity (Wildman–Crippen MR) is 94.9 cm³/mol. The number of carbonyl (C=O) groups is 3. The summed E-state index contributed by atoms with van der Waals surface area (Å²) >= 11 is 0. The highest BCUT2D eigenvalue weighted by Crippen LogP contribution is 2.14. The number of hydrogen-bond acceptors (Lipinski definition) is 5. The molecule has 0 saturated carbocycles. The van der Waals surface area contributed by atoms with E-state index in [0.29, 0.717) is 5.76 Å². The van der Waals surface area contributed by atoms with Crippen LogP contribution >= 0.6 is 0 Å². The van der Waals surface area contributed by atoms with Gasteiger partial charge in [0.15, 0.2) is 5.76 Å². The standard InChI is InChI=1S/C19H14N2O6/c22-17(20-13-5-1-4-12(10-13)19(24)25)15(11-14-6-2-8-26-14)21-18(23)16-7-3-9-27-16/h1-11H,(H,20,22)(H,21,23)(H,24,25). The van der Waals surface area contributed by atoms with Crippen LogP contribution in [0.5, 0.6) is 0 Å². The fourth-order valence-electron chi connectivity index (χ4n) is 2.19. The molecule has 0 fully saturated rings. The minimum Gasteiger partial charge on any atom is -0.478 e. The molecule has 3 aromatic rings. The van der Waals surface area contributed by atoms with Gasteiger partial charge in [0.25, 0.3) is 11.8 Å². The molecule has 2 amide bonds. The largest absolute Gasteiger partial charge is 0.478 e. The average molecular weight is 366 g/mol. The van der Waals surface area contributed by atoms with Crippen LogP contribution in [0.3, 0.4) is 0 Å². The van der Waals surface area contributed by atoms with E-state index in [1.54, 1.807) is 18.2 Å². The number of benzene rings is 1. The summed E-state index contributed by atoms with van der Waals surface area (Å²) < 4.78 is 10.2. The summed E-state index contributed by atoms with van der Waals surface area (Å²) in [5.41, 5.74) is 0.175. The summed E-state index contributed by atoms with van der Waals surface area (Å²) in [7, 11) is 0. The Morgan fingerprint density at radius 3 is 2.41 bits per heavy atom. The first kappa shape index (κ1) is 17.7. The van der Waals surface area contributed by atoms with E-state index in [4.69, 9.17) is 13.9 Å². The summed E-state index contributed by atoms with van der Waals surface area (Å²) in [5.74, 6) is -2.02. The van der Waals surface area contributed by atoms with Gasteiger partial charge in [0.1, 0.15) is 11.5 Å². The maximum Gasteiger partial charge on any atom is 0.335 e. The molecule has 8 nitrogen and oxygen atoms in total. The van der Waals surface area contributed by atoms with Crippen LogP contribution in [0.15, 0.2) is 75.6 Å². The molecule has 0 spiro atoms. The van der Waals surface area contributed by atoms with Crippen molar-refractivity contribution in [3.63, 3.8) is 0 Å². The van der Waals surface area contributed by atoms with Crippen molar-refractivity contribution in [2.45, 2.75) is 0 Å². The molecule has 0 aliphatic rings. The van der Waals surface area contributed by atoms with Crippen LogP contribution in [0.25, 0.3) is 6.08 Å². The molecule has 8 heteroatoms. The third-order valence-corrected chi connectivity index (χ3v) is 3.43. The number of carbonyl (C=O) groups excluding carboxylic acids is 2. The second-order valence-corrected chi connectivity index (χ2v) is 5.34. The maximum absolute atomic E-state index is 12.6. The Bertz CT molecular complexity index is 987. The Hall–Kier alpha value is -4.07. The van der Waals surface area contributed by atoms with Crippen LogP contribution in [-0.2, 0) is 4.79 Å². The second-order valence-electron chi connectivity index (χ2n) is 5.34. The second kappa shape index (κ2) is 7.87. The molecule has 3 rings (SSSR count). The van der Waals surface area contributed by atoms with Crippen molar-refractivity contribution < 1.29 is 28.3 Å². The molecule has 0 atom stereocenters. The van der Waals surface area contributed by atoms with Crippen LogP contribution in [0, 0.1) is 0 Å². The van der Waals surface area contributed by atoms with Crippen molar-refractivity contribution in [2.24, 2.45) is 0 Å². The molecule has 0 bridgehead atoms. The Balaban J connectivity index is 1.83. The van der Waals surface area contributed by atoms with E-state index < -0.39 is 17.8 Å². The number of carboxylic acids is 1. The van der Waals surface area contributed by atoms with Crippen molar-refractivity contribution in [3.05, 3.63) is 83.8 Å². The fourth-order valence-corrected chi connectivity index (χ4v) is 2.19. The zero-order valence-corrected chi connectivity index (χ0v) is 13.8. The minimum absolute atomic E-state index is 0.0176. The van der Waals surface area contributed by atoms with Gasteiger partial charge in [-0.2, -0.15) is 0 Å². The van der Waals surface area contributed by atoms with Crippen LogP contribution < -0.4 is 10.6 Å². The molecule has 0 radical (unpaired) electrons. The van der Waals surface area contributed by atoms with Crippen molar-refractivity contribution in [2.75, 3.05) is 5.32 Å². The van der Waals surface area contributed by atoms with Crippen LogP contribution in [-0.4, -0.2) is 22.9 Å². The first-order valence-corrected chi connectivity index (χ1v) is 7.78. The van der Waals surface area contributed by atoms with Crippen molar-refractivity contribution in [3.8, 4) is 0 Å². The Morgan fingerprint density at radius 2 is 1.74 bits per heavy atom. The topological polar surface area (TPSA) is 122 Å². The summed E-state index contributed by atoms with van der Waals surface area (Å²) in [5, 5.41) is 14.0. The lowest BCUT2D eigenvalue weighted by Crippen LogP contribution is -2.30. The fraction of sp³-hybridized carbons (Fsp3) is 0. The normalized spacial score (nSPS) is 11.0. The molecule has 2 aromatic heterocycles.